The predicted octanol–water partition coefficient (Wildman–Crippen LogP) is 2.87. The number of ether oxygens (including phenoxy) is 1. The molecule has 1 aliphatic carbocycles. The van der Waals surface area contributed by atoms with Crippen molar-refractivity contribution < 1.29 is 9.66 Å². The summed E-state index contributed by atoms with van der Waals surface area (Å²) < 4.78 is 7.47. The molecule has 2 aromatic rings. The van der Waals surface area contributed by atoms with Gasteiger partial charge in [-0.05, 0) is 29.3 Å². The predicted molar refractivity (Wildman–Crippen MR) is 84.6 cm³/mol. The molecule has 122 valence electrons. The maximum absolute atomic E-state index is 10.7. The molecule has 23 heavy (non-hydrogen) atoms. The Bertz CT molecular complexity index is 672. The van der Waals surface area contributed by atoms with Gasteiger partial charge in [-0.15, -0.1) is 5.10 Å². The third-order valence-corrected chi connectivity index (χ3v) is 4.64. The largest absolute Gasteiger partial charge is 0.492 e. The number of hydrogen-bond donors (Lipinski definition) is 0. The Morgan fingerprint density at radius 3 is 3.00 bits per heavy atom. The van der Waals surface area contributed by atoms with Crippen molar-refractivity contribution in [1.29, 1.82) is 0 Å². The first-order valence-corrected chi connectivity index (χ1v) is 8.50. The number of thioether (sulfide) groups is 1. The molecule has 1 aliphatic rings. The van der Waals surface area contributed by atoms with Gasteiger partial charge in [0.1, 0.15) is 5.75 Å². The van der Waals surface area contributed by atoms with Gasteiger partial charge in [0, 0.05) is 11.8 Å². The van der Waals surface area contributed by atoms with Gasteiger partial charge in [0.25, 0.3) is 5.69 Å². The monoisotopic (exact) mass is 335 g/mol. The lowest BCUT2D eigenvalue weighted by Crippen LogP contribution is -2.09. The Hall–Kier alpha value is -2.16. The van der Waals surface area contributed by atoms with Gasteiger partial charge in [0.15, 0.2) is 0 Å². The van der Waals surface area contributed by atoms with Crippen LogP contribution < -0.4 is 4.74 Å². The quantitative estimate of drug-likeness (QED) is 0.332. The second-order valence-corrected chi connectivity index (χ2v) is 6.36. The van der Waals surface area contributed by atoms with Gasteiger partial charge < -0.3 is 4.74 Å². The van der Waals surface area contributed by atoms with E-state index in [9.17, 15) is 10.1 Å². The minimum atomic E-state index is -0.433. The van der Waals surface area contributed by atoms with E-state index >= 15 is 0 Å². The van der Waals surface area contributed by atoms with Gasteiger partial charge in [-0.2, -0.15) is 0 Å². The second kappa shape index (κ2) is 7.40. The lowest BCUT2D eigenvalue weighted by molar-refractivity contribution is -0.384. The lowest BCUT2D eigenvalue weighted by atomic mass is 10.3. The van der Waals surface area contributed by atoms with Crippen molar-refractivity contribution in [2.45, 2.75) is 36.9 Å². The Morgan fingerprint density at radius 1 is 1.39 bits per heavy atom. The van der Waals surface area contributed by atoms with Crippen LogP contribution in [0, 0.1) is 10.1 Å². The molecule has 0 atom stereocenters. The topological polar surface area (TPSA) is 96.0 Å². The van der Waals surface area contributed by atoms with E-state index in [1.807, 2.05) is 4.68 Å². The van der Waals surface area contributed by atoms with Crippen LogP contribution in [0.15, 0.2) is 29.4 Å². The standard InChI is InChI=1S/C14H17N5O3S/c20-19(21)12-6-3-7-13(10-12)22-8-9-23-14-15-16-17-18(14)11-4-1-2-5-11/h3,6-7,10-11H,1-2,4-5,8-9H2. The normalized spacial score (nSPS) is 15.0. The molecule has 9 heteroatoms. The summed E-state index contributed by atoms with van der Waals surface area (Å²) in [4.78, 5) is 10.3. The number of nitro benzene ring substituents is 1. The minimum Gasteiger partial charge on any atom is -0.492 e. The van der Waals surface area contributed by atoms with Gasteiger partial charge in [0.05, 0.1) is 23.6 Å². The smallest absolute Gasteiger partial charge is 0.273 e. The number of non-ortho nitro benzene ring substituents is 1. The Balaban J connectivity index is 1.49. The van der Waals surface area contributed by atoms with Crippen molar-refractivity contribution in [3.05, 3.63) is 34.4 Å². The molecule has 1 saturated carbocycles. The third kappa shape index (κ3) is 3.98. The van der Waals surface area contributed by atoms with Crippen LogP contribution in [-0.2, 0) is 0 Å². The molecule has 1 fully saturated rings. The van der Waals surface area contributed by atoms with E-state index in [1.165, 1.54) is 36.7 Å². The van der Waals surface area contributed by atoms with Crippen molar-refractivity contribution in [1.82, 2.24) is 20.2 Å². The summed E-state index contributed by atoms with van der Waals surface area (Å²) in [5, 5.41) is 23.4. The summed E-state index contributed by atoms with van der Waals surface area (Å²) in [6, 6.07) is 6.59. The molecule has 0 aliphatic heterocycles. The number of nitro groups is 1. The molecule has 8 nitrogen and oxygen atoms in total. The molecule has 1 heterocycles. The van der Waals surface area contributed by atoms with Crippen LogP contribution in [0.5, 0.6) is 5.75 Å². The molecular weight excluding hydrogens is 318 g/mol. The number of nitrogens with zero attached hydrogens (tertiary/aromatic N) is 5. The number of rotatable bonds is 7. The van der Waals surface area contributed by atoms with E-state index in [-0.39, 0.29) is 5.69 Å². The molecule has 0 spiro atoms. The zero-order valence-electron chi connectivity index (χ0n) is 12.5. The summed E-state index contributed by atoms with van der Waals surface area (Å²) in [6.45, 7) is 0.434. The molecule has 0 N–H and O–H groups in total. The average Bonchev–Trinajstić information content (AvgIpc) is 3.22. The van der Waals surface area contributed by atoms with E-state index in [1.54, 1.807) is 12.1 Å². The van der Waals surface area contributed by atoms with Crippen molar-refractivity contribution >= 4 is 17.4 Å². The molecule has 0 saturated heterocycles. The first-order chi connectivity index (χ1) is 11.2. The molecule has 1 aromatic heterocycles. The highest BCUT2D eigenvalue weighted by Gasteiger charge is 2.21. The fraction of sp³-hybridized carbons (Fsp3) is 0.500. The molecule has 0 radical (unpaired) electrons. The Morgan fingerprint density at radius 2 is 2.22 bits per heavy atom. The molecular formula is C14H17N5O3S. The summed E-state index contributed by atoms with van der Waals surface area (Å²) in [5.74, 6) is 1.17. The highest BCUT2D eigenvalue weighted by atomic mass is 32.2. The van der Waals surface area contributed by atoms with E-state index < -0.39 is 4.92 Å². The van der Waals surface area contributed by atoms with Crippen LogP contribution in [0.2, 0.25) is 0 Å². The molecule has 0 amide bonds. The van der Waals surface area contributed by atoms with E-state index in [4.69, 9.17) is 4.74 Å². The molecule has 1 aromatic carbocycles. The Kier molecular flexibility index (Phi) is 5.06. The van der Waals surface area contributed by atoms with Crippen LogP contribution in [0.1, 0.15) is 31.7 Å². The first kappa shape index (κ1) is 15.7. The lowest BCUT2D eigenvalue weighted by Gasteiger charge is -2.11. The van der Waals surface area contributed by atoms with Crippen molar-refractivity contribution in [3.63, 3.8) is 0 Å². The van der Waals surface area contributed by atoms with Crippen molar-refractivity contribution in [3.8, 4) is 5.75 Å². The average molecular weight is 335 g/mol. The van der Waals surface area contributed by atoms with Gasteiger partial charge in [-0.25, -0.2) is 4.68 Å². The third-order valence-electron chi connectivity index (χ3n) is 3.74. The minimum absolute atomic E-state index is 0.0281. The summed E-state index contributed by atoms with van der Waals surface area (Å²) in [5.41, 5.74) is 0.0281. The van der Waals surface area contributed by atoms with Crippen molar-refractivity contribution in [2.75, 3.05) is 12.4 Å². The van der Waals surface area contributed by atoms with E-state index in [2.05, 4.69) is 15.5 Å². The van der Waals surface area contributed by atoms with Crippen LogP contribution >= 0.6 is 11.8 Å². The summed E-state index contributed by atoms with van der Waals surface area (Å²) in [6.07, 6.45) is 4.71. The fourth-order valence-electron chi connectivity index (χ4n) is 2.64. The number of benzene rings is 1. The zero-order chi connectivity index (χ0) is 16.1. The Labute approximate surface area is 137 Å². The maximum Gasteiger partial charge on any atom is 0.273 e. The van der Waals surface area contributed by atoms with Crippen LogP contribution in [0.3, 0.4) is 0 Å². The molecule has 0 unspecified atom stereocenters. The molecule has 3 rings (SSSR count). The van der Waals surface area contributed by atoms with Gasteiger partial charge in [-0.1, -0.05) is 30.7 Å². The zero-order valence-corrected chi connectivity index (χ0v) is 13.3. The number of aromatic nitrogens is 4. The first-order valence-electron chi connectivity index (χ1n) is 7.52. The highest BCUT2D eigenvalue weighted by molar-refractivity contribution is 7.99. The number of tetrazole rings is 1. The van der Waals surface area contributed by atoms with Crippen LogP contribution in [-0.4, -0.2) is 37.5 Å². The van der Waals surface area contributed by atoms with Gasteiger partial charge in [-0.3, -0.25) is 10.1 Å². The van der Waals surface area contributed by atoms with E-state index in [0.29, 0.717) is 24.2 Å². The van der Waals surface area contributed by atoms with E-state index in [0.717, 1.165) is 18.0 Å². The molecule has 0 bridgehead atoms. The maximum atomic E-state index is 10.7. The number of hydrogen-bond acceptors (Lipinski definition) is 7. The summed E-state index contributed by atoms with van der Waals surface area (Å²) >= 11 is 1.54. The second-order valence-electron chi connectivity index (χ2n) is 5.30. The summed E-state index contributed by atoms with van der Waals surface area (Å²) in [7, 11) is 0. The highest BCUT2D eigenvalue weighted by Crippen LogP contribution is 2.31. The van der Waals surface area contributed by atoms with Crippen LogP contribution in [0.25, 0.3) is 0 Å². The fourth-order valence-corrected chi connectivity index (χ4v) is 3.40. The van der Waals surface area contributed by atoms with Gasteiger partial charge in [0.2, 0.25) is 5.16 Å². The van der Waals surface area contributed by atoms with Gasteiger partial charge >= 0.3 is 0 Å². The SMILES string of the molecule is O=[N+]([O-])c1cccc(OCCSc2nnnn2C2CCCC2)c1. The van der Waals surface area contributed by atoms with Crippen LogP contribution in [0.4, 0.5) is 5.69 Å². The van der Waals surface area contributed by atoms with Crippen molar-refractivity contribution in [2.24, 2.45) is 0 Å².